The first-order valence-corrected chi connectivity index (χ1v) is 6.50. The standard InChI is InChI=1S/C14H20N2O3.ClH/c1-18-13-9-15-8-7-12(13)16-14(17)19-10-11-5-3-2-4-6-11;/h2-6,12-13,15H,7-10H2,1H3,(H,16,17);1H/t12-,13+;/m1./s1. The molecule has 2 atom stereocenters. The second kappa shape index (κ2) is 8.79. The van der Waals surface area contributed by atoms with Gasteiger partial charge in [0, 0.05) is 13.7 Å². The average molecular weight is 301 g/mol. The van der Waals surface area contributed by atoms with E-state index in [-0.39, 0.29) is 31.2 Å². The third kappa shape index (κ3) is 5.00. The van der Waals surface area contributed by atoms with Crippen LogP contribution in [0.1, 0.15) is 12.0 Å². The second-order valence-corrected chi connectivity index (χ2v) is 4.58. The summed E-state index contributed by atoms with van der Waals surface area (Å²) in [5, 5.41) is 6.09. The van der Waals surface area contributed by atoms with E-state index in [9.17, 15) is 4.79 Å². The highest BCUT2D eigenvalue weighted by molar-refractivity contribution is 5.85. The minimum atomic E-state index is -0.391. The maximum absolute atomic E-state index is 11.7. The highest BCUT2D eigenvalue weighted by Gasteiger charge is 2.26. The minimum Gasteiger partial charge on any atom is -0.445 e. The summed E-state index contributed by atoms with van der Waals surface area (Å²) >= 11 is 0. The van der Waals surface area contributed by atoms with Crippen LogP contribution >= 0.6 is 12.4 Å². The quantitative estimate of drug-likeness (QED) is 0.889. The Morgan fingerprint density at radius 2 is 2.15 bits per heavy atom. The number of alkyl carbamates (subject to hydrolysis) is 1. The van der Waals surface area contributed by atoms with Gasteiger partial charge in [0.1, 0.15) is 6.61 Å². The molecule has 1 heterocycles. The summed E-state index contributed by atoms with van der Waals surface area (Å²) in [4.78, 5) is 11.7. The zero-order valence-corrected chi connectivity index (χ0v) is 12.3. The molecule has 1 saturated heterocycles. The van der Waals surface area contributed by atoms with Crippen molar-refractivity contribution in [3.63, 3.8) is 0 Å². The molecule has 0 radical (unpaired) electrons. The average Bonchev–Trinajstić information content (AvgIpc) is 2.47. The summed E-state index contributed by atoms with van der Waals surface area (Å²) in [7, 11) is 1.65. The Hall–Kier alpha value is -1.30. The number of methoxy groups -OCH3 is 1. The van der Waals surface area contributed by atoms with Crippen molar-refractivity contribution in [1.29, 1.82) is 0 Å². The molecule has 0 spiro atoms. The van der Waals surface area contributed by atoms with Gasteiger partial charge in [-0.15, -0.1) is 12.4 Å². The monoisotopic (exact) mass is 300 g/mol. The normalized spacial score (nSPS) is 21.6. The van der Waals surface area contributed by atoms with E-state index in [0.717, 1.165) is 25.1 Å². The molecule has 1 amide bonds. The molecule has 5 nitrogen and oxygen atoms in total. The molecule has 20 heavy (non-hydrogen) atoms. The van der Waals surface area contributed by atoms with E-state index in [1.54, 1.807) is 7.11 Å². The van der Waals surface area contributed by atoms with Crippen molar-refractivity contribution in [2.24, 2.45) is 0 Å². The molecule has 1 aliphatic rings. The molecule has 6 heteroatoms. The van der Waals surface area contributed by atoms with Crippen LogP contribution in [0.5, 0.6) is 0 Å². The molecule has 2 rings (SSSR count). The number of ether oxygens (including phenoxy) is 2. The molecule has 0 saturated carbocycles. The van der Waals surface area contributed by atoms with Gasteiger partial charge in [0.2, 0.25) is 0 Å². The van der Waals surface area contributed by atoms with Crippen LogP contribution in [-0.4, -0.2) is 38.4 Å². The first kappa shape index (κ1) is 16.8. The van der Waals surface area contributed by atoms with Crippen molar-refractivity contribution in [3.8, 4) is 0 Å². The van der Waals surface area contributed by atoms with Crippen molar-refractivity contribution < 1.29 is 14.3 Å². The number of amides is 1. The molecular formula is C14H21ClN2O3. The third-order valence-electron chi connectivity index (χ3n) is 3.25. The summed E-state index contributed by atoms with van der Waals surface area (Å²) in [6.07, 6.45) is 0.453. The van der Waals surface area contributed by atoms with Gasteiger partial charge in [0.05, 0.1) is 12.1 Å². The molecule has 1 aromatic carbocycles. The number of benzene rings is 1. The predicted octanol–water partition coefficient (Wildman–Crippen LogP) is 1.71. The maximum atomic E-state index is 11.7. The number of carbonyl (C=O) groups excluding carboxylic acids is 1. The second-order valence-electron chi connectivity index (χ2n) is 4.58. The summed E-state index contributed by atoms with van der Waals surface area (Å²) in [5.41, 5.74) is 0.978. The van der Waals surface area contributed by atoms with E-state index in [1.165, 1.54) is 0 Å². The number of nitrogens with one attached hydrogen (secondary N) is 2. The fraction of sp³-hybridized carbons (Fsp3) is 0.500. The van der Waals surface area contributed by atoms with Crippen LogP contribution in [0.25, 0.3) is 0 Å². The lowest BCUT2D eigenvalue weighted by atomic mass is 10.0. The van der Waals surface area contributed by atoms with Gasteiger partial charge in [-0.3, -0.25) is 0 Å². The number of hydrogen-bond acceptors (Lipinski definition) is 4. The molecule has 112 valence electrons. The van der Waals surface area contributed by atoms with E-state index < -0.39 is 6.09 Å². The van der Waals surface area contributed by atoms with Crippen molar-refractivity contribution in [2.75, 3.05) is 20.2 Å². The van der Waals surface area contributed by atoms with Crippen LogP contribution in [0, 0.1) is 0 Å². The Morgan fingerprint density at radius 3 is 2.85 bits per heavy atom. The topological polar surface area (TPSA) is 59.6 Å². The Balaban J connectivity index is 0.00000200. The zero-order valence-electron chi connectivity index (χ0n) is 11.5. The van der Waals surface area contributed by atoms with Gasteiger partial charge in [-0.1, -0.05) is 30.3 Å². The van der Waals surface area contributed by atoms with Gasteiger partial charge in [-0.25, -0.2) is 4.79 Å². The molecule has 1 aromatic rings. The Bertz CT molecular complexity index is 403. The summed E-state index contributed by atoms with van der Waals surface area (Å²) in [6.45, 7) is 1.92. The smallest absolute Gasteiger partial charge is 0.407 e. The molecule has 1 fully saturated rings. The van der Waals surface area contributed by atoms with Crippen molar-refractivity contribution in [1.82, 2.24) is 10.6 Å². The van der Waals surface area contributed by atoms with Crippen LogP contribution in [0.3, 0.4) is 0 Å². The molecule has 0 bridgehead atoms. The Kier molecular flexibility index (Phi) is 7.36. The van der Waals surface area contributed by atoms with Crippen molar-refractivity contribution in [2.45, 2.75) is 25.2 Å². The lowest BCUT2D eigenvalue weighted by molar-refractivity contribution is 0.0473. The van der Waals surface area contributed by atoms with Crippen LogP contribution in [0.15, 0.2) is 30.3 Å². The summed E-state index contributed by atoms with van der Waals surface area (Å²) in [5.74, 6) is 0. The van der Waals surface area contributed by atoms with Crippen molar-refractivity contribution >= 4 is 18.5 Å². The van der Waals surface area contributed by atoms with Crippen LogP contribution in [-0.2, 0) is 16.1 Å². The third-order valence-corrected chi connectivity index (χ3v) is 3.25. The van der Waals surface area contributed by atoms with E-state index in [4.69, 9.17) is 9.47 Å². The summed E-state index contributed by atoms with van der Waals surface area (Å²) in [6, 6.07) is 9.64. The first-order chi connectivity index (χ1) is 9.29. The molecular weight excluding hydrogens is 280 g/mol. The fourth-order valence-electron chi connectivity index (χ4n) is 2.16. The van der Waals surface area contributed by atoms with Gasteiger partial charge >= 0.3 is 6.09 Å². The van der Waals surface area contributed by atoms with Gasteiger partial charge in [-0.05, 0) is 18.5 Å². The van der Waals surface area contributed by atoms with Gasteiger partial charge in [0.25, 0.3) is 0 Å². The predicted molar refractivity (Wildman–Crippen MR) is 79.1 cm³/mol. The molecule has 0 aromatic heterocycles. The van der Waals surface area contributed by atoms with Gasteiger partial charge in [0.15, 0.2) is 0 Å². The highest BCUT2D eigenvalue weighted by atomic mass is 35.5. The summed E-state index contributed by atoms with van der Waals surface area (Å²) < 4.78 is 10.5. The number of rotatable bonds is 4. The van der Waals surface area contributed by atoms with Gasteiger partial charge in [-0.2, -0.15) is 0 Å². The SMILES string of the molecule is CO[C@H]1CNCC[C@H]1NC(=O)OCc1ccccc1.Cl. The lowest BCUT2D eigenvalue weighted by Gasteiger charge is -2.31. The van der Waals surface area contributed by atoms with E-state index in [0.29, 0.717) is 0 Å². The largest absolute Gasteiger partial charge is 0.445 e. The molecule has 0 unspecified atom stereocenters. The first-order valence-electron chi connectivity index (χ1n) is 6.50. The fourth-order valence-corrected chi connectivity index (χ4v) is 2.16. The van der Waals surface area contributed by atoms with E-state index >= 15 is 0 Å². The number of carbonyl (C=O) groups is 1. The molecule has 2 N–H and O–H groups in total. The maximum Gasteiger partial charge on any atom is 0.407 e. The number of hydrogen-bond donors (Lipinski definition) is 2. The Labute approximate surface area is 125 Å². The lowest BCUT2D eigenvalue weighted by Crippen LogP contribution is -2.53. The van der Waals surface area contributed by atoms with Crippen LogP contribution < -0.4 is 10.6 Å². The number of piperidine rings is 1. The van der Waals surface area contributed by atoms with Crippen LogP contribution in [0.4, 0.5) is 4.79 Å². The molecule has 0 aliphatic carbocycles. The van der Waals surface area contributed by atoms with E-state index in [1.807, 2.05) is 30.3 Å². The van der Waals surface area contributed by atoms with Gasteiger partial charge < -0.3 is 20.1 Å². The highest BCUT2D eigenvalue weighted by Crippen LogP contribution is 2.08. The Morgan fingerprint density at radius 1 is 1.40 bits per heavy atom. The van der Waals surface area contributed by atoms with Crippen molar-refractivity contribution in [3.05, 3.63) is 35.9 Å². The zero-order chi connectivity index (χ0) is 13.5. The number of halogens is 1. The van der Waals surface area contributed by atoms with Crippen LogP contribution in [0.2, 0.25) is 0 Å². The molecule has 1 aliphatic heterocycles. The van der Waals surface area contributed by atoms with E-state index in [2.05, 4.69) is 10.6 Å². The minimum absolute atomic E-state index is 0.